The Bertz CT molecular complexity index is 2270. The van der Waals surface area contributed by atoms with E-state index in [4.69, 9.17) is 19.4 Å². The van der Waals surface area contributed by atoms with Gasteiger partial charge in [0.1, 0.15) is 17.0 Å². The van der Waals surface area contributed by atoms with Crippen LogP contribution in [0.3, 0.4) is 0 Å². The summed E-state index contributed by atoms with van der Waals surface area (Å²) in [6, 6.07) is 50.2. The molecule has 0 N–H and O–H groups in total. The van der Waals surface area contributed by atoms with E-state index in [-0.39, 0.29) is 5.92 Å². The van der Waals surface area contributed by atoms with Gasteiger partial charge in [0.15, 0.2) is 11.6 Å². The Morgan fingerprint density at radius 3 is 1.75 bits per heavy atom. The minimum Gasteiger partial charge on any atom is -0.456 e. The second-order valence-electron chi connectivity index (χ2n) is 11.2. The van der Waals surface area contributed by atoms with E-state index in [1.165, 1.54) is 22.3 Å². The van der Waals surface area contributed by atoms with Gasteiger partial charge >= 0.3 is 0 Å². The highest BCUT2D eigenvalue weighted by Gasteiger charge is 2.36. The molecule has 0 saturated carbocycles. The number of fused-ring (bicyclic) bond motifs is 7. The van der Waals surface area contributed by atoms with Crippen molar-refractivity contribution in [1.82, 2.24) is 15.0 Å². The topological polar surface area (TPSA) is 51.8 Å². The SMILES string of the molecule is c1ccc(-c2ccc3oc4c5c(ccc4c3c2)-c2ccccc2C5c2nc(-c3ccccc3)nc(-c3ccccc3)n2)cc1. The lowest BCUT2D eigenvalue weighted by molar-refractivity contribution is 0.660. The predicted octanol–water partition coefficient (Wildman–Crippen LogP) is 9.93. The molecule has 1 unspecified atom stereocenters. The molecule has 8 aromatic rings. The van der Waals surface area contributed by atoms with Crippen LogP contribution in [0.1, 0.15) is 22.9 Å². The first-order valence-electron chi connectivity index (χ1n) is 14.8. The van der Waals surface area contributed by atoms with Crippen LogP contribution in [-0.4, -0.2) is 15.0 Å². The summed E-state index contributed by atoms with van der Waals surface area (Å²) in [5.41, 5.74) is 10.6. The van der Waals surface area contributed by atoms with Gasteiger partial charge in [0, 0.05) is 27.5 Å². The molecule has 0 saturated heterocycles. The minimum absolute atomic E-state index is 0.216. The fraction of sp³-hybridized carbons (Fsp3) is 0.0250. The highest BCUT2D eigenvalue weighted by Crippen LogP contribution is 2.51. The molecule has 0 radical (unpaired) electrons. The van der Waals surface area contributed by atoms with E-state index in [1.54, 1.807) is 0 Å². The van der Waals surface area contributed by atoms with Crippen molar-refractivity contribution in [2.24, 2.45) is 0 Å². The number of rotatable bonds is 4. The largest absolute Gasteiger partial charge is 0.456 e. The van der Waals surface area contributed by atoms with Crippen LogP contribution in [0.5, 0.6) is 0 Å². The van der Waals surface area contributed by atoms with Crippen LogP contribution in [-0.2, 0) is 0 Å². The molecule has 1 aliphatic rings. The number of hydrogen-bond donors (Lipinski definition) is 0. The van der Waals surface area contributed by atoms with Gasteiger partial charge in [-0.3, -0.25) is 0 Å². The van der Waals surface area contributed by atoms with E-state index in [9.17, 15) is 0 Å². The predicted molar refractivity (Wildman–Crippen MR) is 176 cm³/mol. The van der Waals surface area contributed by atoms with Crippen LogP contribution in [0, 0.1) is 0 Å². The number of furan rings is 1. The summed E-state index contributed by atoms with van der Waals surface area (Å²) in [5.74, 6) is 1.81. The molecule has 4 heteroatoms. The van der Waals surface area contributed by atoms with Crippen molar-refractivity contribution < 1.29 is 4.42 Å². The smallest absolute Gasteiger partial charge is 0.163 e. The fourth-order valence-corrected chi connectivity index (χ4v) is 6.56. The van der Waals surface area contributed by atoms with Gasteiger partial charge in [-0.1, -0.05) is 127 Å². The summed E-state index contributed by atoms with van der Waals surface area (Å²) in [6.07, 6.45) is 0. The molecule has 9 rings (SSSR count). The maximum Gasteiger partial charge on any atom is 0.163 e. The first kappa shape index (κ1) is 24.7. The van der Waals surface area contributed by atoms with E-state index in [2.05, 4.69) is 78.9 Å². The zero-order valence-corrected chi connectivity index (χ0v) is 23.7. The molecular weight excluding hydrogens is 538 g/mol. The highest BCUT2D eigenvalue weighted by atomic mass is 16.3. The summed E-state index contributed by atoms with van der Waals surface area (Å²) in [4.78, 5) is 15.3. The number of nitrogens with zero attached hydrogens (tertiary/aromatic N) is 3. The van der Waals surface area contributed by atoms with Gasteiger partial charge in [0.05, 0.1) is 5.92 Å². The zero-order valence-electron chi connectivity index (χ0n) is 23.7. The van der Waals surface area contributed by atoms with Crippen molar-refractivity contribution in [3.05, 3.63) is 163 Å². The maximum atomic E-state index is 6.73. The molecule has 4 nitrogen and oxygen atoms in total. The Morgan fingerprint density at radius 2 is 1.07 bits per heavy atom. The molecule has 0 amide bonds. The number of benzene rings is 6. The Hall–Kier alpha value is -5.87. The second kappa shape index (κ2) is 9.85. The number of aromatic nitrogens is 3. The van der Waals surface area contributed by atoms with Crippen molar-refractivity contribution in [1.29, 1.82) is 0 Å². The van der Waals surface area contributed by atoms with E-state index >= 15 is 0 Å². The van der Waals surface area contributed by atoms with Crippen molar-refractivity contribution in [3.8, 4) is 45.0 Å². The molecule has 1 aliphatic carbocycles. The van der Waals surface area contributed by atoms with Crippen LogP contribution < -0.4 is 0 Å². The lowest BCUT2D eigenvalue weighted by Gasteiger charge is -2.15. The Labute approximate surface area is 254 Å². The van der Waals surface area contributed by atoms with Gasteiger partial charge < -0.3 is 4.42 Å². The molecule has 0 spiro atoms. The first-order chi connectivity index (χ1) is 21.8. The molecule has 2 aromatic heterocycles. The molecule has 0 fully saturated rings. The Kier molecular flexibility index (Phi) is 5.53. The van der Waals surface area contributed by atoms with Crippen LogP contribution in [0.4, 0.5) is 0 Å². The third-order valence-electron chi connectivity index (χ3n) is 8.61. The van der Waals surface area contributed by atoms with Gasteiger partial charge in [0.2, 0.25) is 0 Å². The monoisotopic (exact) mass is 563 g/mol. The average molecular weight is 564 g/mol. The fourth-order valence-electron chi connectivity index (χ4n) is 6.56. The summed E-state index contributed by atoms with van der Waals surface area (Å²) in [7, 11) is 0. The minimum atomic E-state index is -0.216. The van der Waals surface area contributed by atoms with Crippen molar-refractivity contribution in [3.63, 3.8) is 0 Å². The molecular formula is C40H25N3O. The Balaban J connectivity index is 1.31. The lowest BCUT2D eigenvalue weighted by atomic mass is 9.94. The average Bonchev–Trinajstić information content (AvgIpc) is 3.65. The van der Waals surface area contributed by atoms with Crippen LogP contribution >= 0.6 is 0 Å². The lowest BCUT2D eigenvalue weighted by Crippen LogP contribution is -2.09. The van der Waals surface area contributed by atoms with Crippen LogP contribution in [0.15, 0.2) is 150 Å². The van der Waals surface area contributed by atoms with Gasteiger partial charge in [-0.25, -0.2) is 15.0 Å². The zero-order chi connectivity index (χ0) is 29.0. The molecule has 0 bridgehead atoms. The molecule has 0 aliphatic heterocycles. The van der Waals surface area contributed by atoms with Crippen molar-refractivity contribution in [2.45, 2.75) is 5.92 Å². The van der Waals surface area contributed by atoms with Crippen molar-refractivity contribution in [2.75, 3.05) is 0 Å². The molecule has 206 valence electrons. The summed E-state index contributed by atoms with van der Waals surface area (Å²) in [6.45, 7) is 0. The van der Waals surface area contributed by atoms with E-state index in [1.807, 2.05) is 66.7 Å². The third-order valence-corrected chi connectivity index (χ3v) is 8.61. The molecule has 44 heavy (non-hydrogen) atoms. The van der Waals surface area contributed by atoms with Crippen LogP contribution in [0.2, 0.25) is 0 Å². The molecule has 2 heterocycles. The third kappa shape index (κ3) is 3.89. The summed E-state index contributed by atoms with van der Waals surface area (Å²) >= 11 is 0. The van der Waals surface area contributed by atoms with E-state index < -0.39 is 0 Å². The van der Waals surface area contributed by atoms with E-state index in [0.717, 1.165) is 44.2 Å². The maximum absolute atomic E-state index is 6.73. The first-order valence-corrected chi connectivity index (χ1v) is 14.8. The normalized spacial score (nSPS) is 13.7. The number of hydrogen-bond acceptors (Lipinski definition) is 4. The highest BCUT2D eigenvalue weighted by molar-refractivity contribution is 6.10. The molecule has 1 atom stereocenters. The van der Waals surface area contributed by atoms with Crippen LogP contribution in [0.25, 0.3) is 67.0 Å². The van der Waals surface area contributed by atoms with Gasteiger partial charge in [0.25, 0.3) is 0 Å². The summed E-state index contributed by atoms with van der Waals surface area (Å²) < 4.78 is 6.73. The van der Waals surface area contributed by atoms with Gasteiger partial charge in [-0.15, -0.1) is 0 Å². The van der Waals surface area contributed by atoms with Gasteiger partial charge in [-0.2, -0.15) is 0 Å². The van der Waals surface area contributed by atoms with Gasteiger partial charge in [-0.05, 0) is 46.0 Å². The summed E-state index contributed by atoms with van der Waals surface area (Å²) in [5, 5.41) is 2.19. The second-order valence-corrected chi connectivity index (χ2v) is 11.2. The molecule has 6 aromatic carbocycles. The standard InChI is InChI=1S/C40H25N3O/c1-4-12-25(13-5-1)28-20-23-34-33(24-28)32-22-21-31-29-18-10-11-19-30(29)36(35(31)37(32)44-34)40-42-38(26-14-6-2-7-15-26)41-39(43-40)27-16-8-3-9-17-27/h1-24,36H. The Morgan fingerprint density at radius 1 is 0.455 bits per heavy atom. The van der Waals surface area contributed by atoms with Crippen molar-refractivity contribution >= 4 is 21.9 Å². The van der Waals surface area contributed by atoms with E-state index in [0.29, 0.717) is 17.5 Å². The quantitative estimate of drug-likeness (QED) is 0.214.